The molecule has 0 aliphatic rings. The van der Waals surface area contributed by atoms with Crippen LogP contribution in [-0.4, -0.2) is 63.7 Å². The second-order valence-electron chi connectivity index (χ2n) is 5.06. The summed E-state index contributed by atoms with van der Waals surface area (Å²) < 4.78 is 1.71. The molecular formula is C14H20N6OS2. The molecule has 0 fully saturated rings. The van der Waals surface area contributed by atoms with E-state index in [2.05, 4.69) is 25.7 Å². The van der Waals surface area contributed by atoms with Crippen LogP contribution < -0.4 is 5.32 Å². The van der Waals surface area contributed by atoms with Gasteiger partial charge in [-0.3, -0.25) is 4.79 Å². The van der Waals surface area contributed by atoms with Crippen LogP contribution in [0.5, 0.6) is 0 Å². The number of carbonyl (C=O) groups excluding carboxylic acids is 1. The molecule has 1 aromatic carbocycles. The zero-order valence-corrected chi connectivity index (χ0v) is 15.0. The topological polar surface area (TPSA) is 75.9 Å². The van der Waals surface area contributed by atoms with Crippen molar-refractivity contribution >= 4 is 35.1 Å². The predicted octanol–water partition coefficient (Wildman–Crippen LogP) is 1.69. The molecule has 0 spiro atoms. The lowest BCUT2D eigenvalue weighted by Crippen LogP contribution is -2.20. The summed E-state index contributed by atoms with van der Waals surface area (Å²) in [6, 6.07) is 7.77. The number of thioether (sulfide) groups is 2. The van der Waals surface area contributed by atoms with E-state index in [1.807, 2.05) is 44.6 Å². The van der Waals surface area contributed by atoms with Gasteiger partial charge in [-0.2, -0.15) is 0 Å². The van der Waals surface area contributed by atoms with E-state index < -0.39 is 0 Å². The highest BCUT2D eigenvalue weighted by molar-refractivity contribution is 7.99. The minimum atomic E-state index is -0.0737. The number of benzene rings is 1. The van der Waals surface area contributed by atoms with Gasteiger partial charge in [0.2, 0.25) is 11.1 Å². The SMILES string of the molecule is CSc1cccc(NC(=O)CSc2nnnn2CCN(C)C)c1. The Morgan fingerprint density at radius 3 is 2.96 bits per heavy atom. The molecule has 7 nitrogen and oxygen atoms in total. The van der Waals surface area contributed by atoms with Crippen molar-refractivity contribution < 1.29 is 4.79 Å². The molecule has 0 bridgehead atoms. The van der Waals surface area contributed by atoms with Crippen LogP contribution >= 0.6 is 23.5 Å². The van der Waals surface area contributed by atoms with Crippen LogP contribution in [-0.2, 0) is 11.3 Å². The molecule has 0 unspecified atom stereocenters. The third-order valence-electron chi connectivity index (χ3n) is 2.94. The lowest BCUT2D eigenvalue weighted by molar-refractivity contribution is -0.113. The fourth-order valence-corrected chi connectivity index (χ4v) is 2.93. The Kier molecular flexibility index (Phi) is 6.87. The van der Waals surface area contributed by atoms with Crippen molar-refractivity contribution in [2.24, 2.45) is 0 Å². The Morgan fingerprint density at radius 1 is 1.39 bits per heavy atom. The van der Waals surface area contributed by atoms with Crippen LogP contribution in [0.3, 0.4) is 0 Å². The second-order valence-corrected chi connectivity index (χ2v) is 6.88. The summed E-state index contributed by atoms with van der Waals surface area (Å²) in [5, 5.41) is 15.1. The summed E-state index contributed by atoms with van der Waals surface area (Å²) in [4.78, 5) is 15.2. The minimum absolute atomic E-state index is 0.0737. The third-order valence-corrected chi connectivity index (χ3v) is 4.63. The van der Waals surface area contributed by atoms with Crippen molar-refractivity contribution in [3.8, 4) is 0 Å². The lowest BCUT2D eigenvalue weighted by atomic mass is 10.3. The lowest BCUT2D eigenvalue weighted by Gasteiger charge is -2.10. The van der Waals surface area contributed by atoms with Crippen LogP contribution in [0.25, 0.3) is 0 Å². The van der Waals surface area contributed by atoms with Gasteiger partial charge in [-0.1, -0.05) is 17.8 Å². The normalized spacial score (nSPS) is 11.0. The van der Waals surface area contributed by atoms with Crippen LogP contribution in [0.4, 0.5) is 5.69 Å². The van der Waals surface area contributed by atoms with Crippen LogP contribution in [0.1, 0.15) is 0 Å². The van der Waals surface area contributed by atoms with E-state index in [1.54, 1.807) is 16.4 Å². The van der Waals surface area contributed by atoms with E-state index in [0.717, 1.165) is 17.1 Å². The van der Waals surface area contributed by atoms with E-state index in [1.165, 1.54) is 11.8 Å². The van der Waals surface area contributed by atoms with E-state index >= 15 is 0 Å². The first-order valence-electron chi connectivity index (χ1n) is 7.06. The summed E-state index contributed by atoms with van der Waals surface area (Å²) >= 11 is 2.97. The first-order chi connectivity index (χ1) is 11.1. The van der Waals surface area contributed by atoms with Gasteiger partial charge in [0, 0.05) is 17.1 Å². The Balaban J connectivity index is 1.86. The number of likely N-dealkylation sites (N-methyl/N-ethyl adjacent to an activating group) is 1. The number of anilines is 1. The number of hydrogen-bond acceptors (Lipinski definition) is 7. The molecule has 0 saturated carbocycles. The number of tetrazole rings is 1. The van der Waals surface area contributed by atoms with Gasteiger partial charge in [0.15, 0.2) is 0 Å². The molecule has 1 aromatic heterocycles. The molecule has 1 N–H and O–H groups in total. The minimum Gasteiger partial charge on any atom is -0.325 e. The summed E-state index contributed by atoms with van der Waals surface area (Å²) in [5.41, 5.74) is 0.801. The van der Waals surface area contributed by atoms with Gasteiger partial charge in [-0.15, -0.1) is 16.9 Å². The molecule has 0 aliphatic heterocycles. The molecule has 2 rings (SSSR count). The zero-order valence-electron chi connectivity index (χ0n) is 13.4. The van der Waals surface area contributed by atoms with Gasteiger partial charge in [-0.05, 0) is 49.0 Å². The molecule has 0 aliphatic carbocycles. The number of nitrogens with one attached hydrogen (secondary N) is 1. The van der Waals surface area contributed by atoms with E-state index in [4.69, 9.17) is 0 Å². The second kappa shape index (κ2) is 8.90. The highest BCUT2D eigenvalue weighted by atomic mass is 32.2. The van der Waals surface area contributed by atoms with Crippen molar-refractivity contribution in [3.05, 3.63) is 24.3 Å². The first kappa shape index (κ1) is 17.8. The fraction of sp³-hybridized carbons (Fsp3) is 0.429. The Labute approximate surface area is 144 Å². The summed E-state index contributed by atoms with van der Waals surface area (Å²) in [6.07, 6.45) is 2.00. The quantitative estimate of drug-likeness (QED) is 0.725. The monoisotopic (exact) mass is 352 g/mol. The number of carbonyl (C=O) groups is 1. The summed E-state index contributed by atoms with van der Waals surface area (Å²) in [6.45, 7) is 1.53. The van der Waals surface area contributed by atoms with Gasteiger partial charge in [0.1, 0.15) is 0 Å². The molecule has 1 amide bonds. The van der Waals surface area contributed by atoms with E-state index in [0.29, 0.717) is 11.7 Å². The van der Waals surface area contributed by atoms with Crippen LogP contribution in [0, 0.1) is 0 Å². The van der Waals surface area contributed by atoms with Gasteiger partial charge >= 0.3 is 0 Å². The van der Waals surface area contributed by atoms with Crippen LogP contribution in [0.2, 0.25) is 0 Å². The molecule has 0 radical (unpaired) electrons. The van der Waals surface area contributed by atoms with Gasteiger partial charge in [0.05, 0.1) is 12.3 Å². The maximum absolute atomic E-state index is 12.1. The highest BCUT2D eigenvalue weighted by Gasteiger charge is 2.10. The largest absolute Gasteiger partial charge is 0.325 e. The van der Waals surface area contributed by atoms with Gasteiger partial charge in [-0.25, -0.2) is 4.68 Å². The Hall–Kier alpha value is -1.58. The first-order valence-corrected chi connectivity index (χ1v) is 9.27. The Morgan fingerprint density at radius 2 is 2.22 bits per heavy atom. The highest BCUT2D eigenvalue weighted by Crippen LogP contribution is 2.20. The zero-order chi connectivity index (χ0) is 16.7. The van der Waals surface area contributed by atoms with Crippen molar-refractivity contribution in [3.63, 3.8) is 0 Å². The number of rotatable bonds is 8. The number of nitrogens with zero attached hydrogens (tertiary/aromatic N) is 5. The van der Waals surface area contributed by atoms with Crippen LogP contribution in [0.15, 0.2) is 34.3 Å². The summed E-state index contributed by atoms with van der Waals surface area (Å²) in [7, 11) is 3.99. The van der Waals surface area contributed by atoms with E-state index in [9.17, 15) is 4.79 Å². The molecule has 9 heteroatoms. The summed E-state index contributed by atoms with van der Waals surface area (Å²) in [5.74, 6) is 0.196. The maximum atomic E-state index is 12.1. The molecule has 23 heavy (non-hydrogen) atoms. The van der Waals surface area contributed by atoms with E-state index in [-0.39, 0.29) is 11.7 Å². The fourth-order valence-electron chi connectivity index (χ4n) is 1.76. The smallest absolute Gasteiger partial charge is 0.234 e. The van der Waals surface area contributed by atoms with Crippen molar-refractivity contribution in [1.29, 1.82) is 0 Å². The molecular weight excluding hydrogens is 332 g/mol. The maximum Gasteiger partial charge on any atom is 0.234 e. The standard InChI is InChI=1S/C14H20N6OS2/c1-19(2)7-8-20-14(16-17-18-20)23-10-13(21)15-11-5-4-6-12(9-11)22-3/h4-6,9H,7-8,10H2,1-3H3,(H,15,21). The van der Waals surface area contributed by atoms with Gasteiger partial charge in [0.25, 0.3) is 0 Å². The molecule has 124 valence electrons. The third kappa shape index (κ3) is 5.85. The average Bonchev–Trinajstić information content (AvgIpc) is 2.98. The van der Waals surface area contributed by atoms with Gasteiger partial charge < -0.3 is 10.2 Å². The number of amides is 1. The molecule has 0 atom stereocenters. The van der Waals surface area contributed by atoms with Crippen molar-refractivity contribution in [1.82, 2.24) is 25.1 Å². The average molecular weight is 352 g/mol. The van der Waals surface area contributed by atoms with Crippen molar-refractivity contribution in [2.45, 2.75) is 16.6 Å². The molecule has 2 aromatic rings. The predicted molar refractivity (Wildman–Crippen MR) is 93.9 cm³/mol. The number of hydrogen-bond donors (Lipinski definition) is 1. The number of aromatic nitrogens is 4. The molecule has 0 saturated heterocycles. The Bertz CT molecular complexity index is 646. The molecule has 1 heterocycles. The van der Waals surface area contributed by atoms with Crippen molar-refractivity contribution in [2.75, 3.05) is 38.0 Å².